The summed E-state index contributed by atoms with van der Waals surface area (Å²) in [6, 6.07) is 4.33. The summed E-state index contributed by atoms with van der Waals surface area (Å²) in [4.78, 5) is 13.0. The van der Waals surface area contributed by atoms with Crippen LogP contribution in [-0.2, 0) is 0 Å². The zero-order chi connectivity index (χ0) is 13.8. The van der Waals surface area contributed by atoms with E-state index in [0.717, 1.165) is 29.2 Å². The fourth-order valence-electron chi connectivity index (χ4n) is 1.92. The summed E-state index contributed by atoms with van der Waals surface area (Å²) in [5.74, 6) is 0.890. The van der Waals surface area contributed by atoms with Crippen molar-refractivity contribution in [3.63, 3.8) is 0 Å². The normalized spacial score (nSPS) is 12.2. The minimum absolute atomic E-state index is 0.175. The molecule has 1 unspecified atom stereocenters. The van der Waals surface area contributed by atoms with E-state index in [2.05, 4.69) is 39.3 Å². The van der Waals surface area contributed by atoms with E-state index in [1.165, 1.54) is 5.56 Å². The maximum absolute atomic E-state index is 4.49. The predicted octanol–water partition coefficient (Wildman–Crippen LogP) is 3.36. The molecule has 100 valence electrons. The van der Waals surface area contributed by atoms with Crippen molar-refractivity contribution >= 4 is 5.82 Å². The first-order valence-electron chi connectivity index (χ1n) is 6.59. The van der Waals surface area contributed by atoms with Crippen LogP contribution in [-0.4, -0.2) is 15.0 Å². The molecular weight excluding hydrogens is 236 g/mol. The average molecular weight is 256 g/mol. The molecule has 0 spiro atoms. The third-order valence-corrected chi connectivity index (χ3v) is 3.35. The molecule has 0 radical (unpaired) electrons. The molecule has 2 aromatic heterocycles. The summed E-state index contributed by atoms with van der Waals surface area (Å²) in [5.41, 5.74) is 4.31. The third kappa shape index (κ3) is 3.08. The van der Waals surface area contributed by atoms with Crippen molar-refractivity contribution < 1.29 is 0 Å². The molecular formula is C15H20N4. The van der Waals surface area contributed by atoms with Crippen molar-refractivity contribution in [1.82, 2.24) is 15.0 Å². The highest BCUT2D eigenvalue weighted by molar-refractivity contribution is 5.46. The summed E-state index contributed by atoms with van der Waals surface area (Å²) in [6.45, 7) is 8.21. The van der Waals surface area contributed by atoms with Crippen LogP contribution in [0.1, 0.15) is 41.9 Å². The number of hydrogen-bond donors (Lipinski definition) is 1. The first-order valence-corrected chi connectivity index (χ1v) is 6.59. The zero-order valence-corrected chi connectivity index (χ0v) is 11.9. The molecule has 4 nitrogen and oxygen atoms in total. The fourth-order valence-corrected chi connectivity index (χ4v) is 1.92. The molecule has 0 aromatic carbocycles. The van der Waals surface area contributed by atoms with E-state index in [1.54, 1.807) is 6.33 Å². The van der Waals surface area contributed by atoms with Crippen molar-refractivity contribution in [3.05, 3.63) is 47.2 Å². The number of nitrogens with one attached hydrogen (secondary N) is 1. The van der Waals surface area contributed by atoms with Gasteiger partial charge in [0, 0.05) is 17.5 Å². The highest BCUT2D eigenvalue weighted by Crippen LogP contribution is 2.22. The minimum atomic E-state index is 0.175. The lowest BCUT2D eigenvalue weighted by molar-refractivity contribution is 0.716. The summed E-state index contributed by atoms with van der Waals surface area (Å²) in [5, 5.41) is 3.46. The van der Waals surface area contributed by atoms with E-state index < -0.39 is 0 Å². The number of aromatic nitrogens is 3. The Morgan fingerprint density at radius 3 is 2.53 bits per heavy atom. The zero-order valence-electron chi connectivity index (χ0n) is 11.9. The van der Waals surface area contributed by atoms with Crippen LogP contribution in [0.5, 0.6) is 0 Å². The lowest BCUT2D eigenvalue weighted by atomic mass is 10.1. The molecule has 0 aliphatic heterocycles. The molecule has 0 bridgehead atoms. The van der Waals surface area contributed by atoms with E-state index in [-0.39, 0.29) is 6.04 Å². The Kier molecular flexibility index (Phi) is 4.10. The van der Waals surface area contributed by atoms with Gasteiger partial charge in [-0.1, -0.05) is 13.0 Å². The first kappa shape index (κ1) is 13.5. The molecule has 0 aliphatic rings. The Morgan fingerprint density at radius 1 is 1.11 bits per heavy atom. The lowest BCUT2D eigenvalue weighted by Crippen LogP contribution is -2.14. The molecule has 0 saturated heterocycles. The van der Waals surface area contributed by atoms with Gasteiger partial charge in [0.25, 0.3) is 0 Å². The molecule has 0 fully saturated rings. The van der Waals surface area contributed by atoms with Crippen LogP contribution in [0.15, 0.2) is 24.7 Å². The smallest absolute Gasteiger partial charge is 0.133 e. The van der Waals surface area contributed by atoms with Crippen LogP contribution in [0, 0.1) is 20.8 Å². The molecule has 4 heteroatoms. The maximum Gasteiger partial charge on any atom is 0.133 e. The van der Waals surface area contributed by atoms with E-state index in [4.69, 9.17) is 0 Å². The number of nitrogens with zero attached hydrogens (tertiary/aromatic N) is 3. The van der Waals surface area contributed by atoms with Crippen molar-refractivity contribution in [3.8, 4) is 0 Å². The quantitative estimate of drug-likeness (QED) is 0.911. The molecule has 0 amide bonds. The number of pyridine rings is 1. The van der Waals surface area contributed by atoms with Gasteiger partial charge in [-0.3, -0.25) is 4.98 Å². The van der Waals surface area contributed by atoms with Crippen LogP contribution in [0.4, 0.5) is 5.82 Å². The van der Waals surface area contributed by atoms with E-state index in [9.17, 15) is 0 Å². The summed E-state index contributed by atoms with van der Waals surface area (Å²) in [7, 11) is 0. The number of anilines is 1. The Labute approximate surface area is 114 Å². The molecule has 2 rings (SSSR count). The third-order valence-electron chi connectivity index (χ3n) is 3.35. The van der Waals surface area contributed by atoms with Crippen molar-refractivity contribution in [1.29, 1.82) is 0 Å². The van der Waals surface area contributed by atoms with Crippen LogP contribution < -0.4 is 5.32 Å². The maximum atomic E-state index is 4.49. The van der Waals surface area contributed by atoms with Gasteiger partial charge in [0.05, 0.1) is 11.7 Å². The van der Waals surface area contributed by atoms with Crippen LogP contribution in [0.25, 0.3) is 0 Å². The number of hydrogen-bond acceptors (Lipinski definition) is 4. The number of aryl methyl sites for hydroxylation is 2. The second kappa shape index (κ2) is 5.78. The van der Waals surface area contributed by atoms with E-state index in [1.807, 2.05) is 27.0 Å². The van der Waals surface area contributed by atoms with E-state index in [0.29, 0.717) is 0 Å². The van der Waals surface area contributed by atoms with Gasteiger partial charge < -0.3 is 5.32 Å². The molecule has 1 atom stereocenters. The number of rotatable bonds is 4. The van der Waals surface area contributed by atoms with Crippen LogP contribution in [0.3, 0.4) is 0 Å². The monoisotopic (exact) mass is 256 g/mol. The minimum Gasteiger partial charge on any atom is -0.361 e. The van der Waals surface area contributed by atoms with Gasteiger partial charge in [-0.25, -0.2) is 9.97 Å². The molecule has 2 heterocycles. The van der Waals surface area contributed by atoms with Gasteiger partial charge in [-0.2, -0.15) is 0 Å². The van der Waals surface area contributed by atoms with Crippen molar-refractivity contribution in [2.45, 2.75) is 40.2 Å². The lowest BCUT2D eigenvalue weighted by Gasteiger charge is -2.18. The molecule has 1 N–H and O–H groups in total. The molecule has 0 aliphatic carbocycles. The van der Waals surface area contributed by atoms with Crippen LogP contribution in [0.2, 0.25) is 0 Å². The summed E-state index contributed by atoms with van der Waals surface area (Å²) >= 11 is 0. The second-order valence-corrected chi connectivity index (χ2v) is 4.80. The topological polar surface area (TPSA) is 50.7 Å². The summed E-state index contributed by atoms with van der Waals surface area (Å²) < 4.78 is 0. The van der Waals surface area contributed by atoms with Gasteiger partial charge >= 0.3 is 0 Å². The van der Waals surface area contributed by atoms with Gasteiger partial charge in [0.2, 0.25) is 0 Å². The van der Waals surface area contributed by atoms with Gasteiger partial charge in [-0.05, 0) is 38.8 Å². The second-order valence-electron chi connectivity index (χ2n) is 4.80. The van der Waals surface area contributed by atoms with Gasteiger partial charge in [0.15, 0.2) is 0 Å². The van der Waals surface area contributed by atoms with Crippen LogP contribution >= 0.6 is 0 Å². The molecule has 2 aromatic rings. The first-order chi connectivity index (χ1) is 9.11. The SMILES string of the molecule is CCC(Nc1ncnc(C)c1C)c1ccc(C)cn1. The highest BCUT2D eigenvalue weighted by atomic mass is 15.0. The molecule has 19 heavy (non-hydrogen) atoms. The fraction of sp³-hybridized carbons (Fsp3) is 0.400. The largest absolute Gasteiger partial charge is 0.361 e. The van der Waals surface area contributed by atoms with Gasteiger partial charge in [-0.15, -0.1) is 0 Å². The Balaban J connectivity index is 2.24. The predicted molar refractivity (Wildman–Crippen MR) is 77.1 cm³/mol. The van der Waals surface area contributed by atoms with Crippen molar-refractivity contribution in [2.24, 2.45) is 0 Å². The highest BCUT2D eigenvalue weighted by Gasteiger charge is 2.13. The Hall–Kier alpha value is -1.97. The van der Waals surface area contributed by atoms with E-state index >= 15 is 0 Å². The average Bonchev–Trinajstić information content (AvgIpc) is 2.42. The summed E-state index contributed by atoms with van der Waals surface area (Å²) in [6.07, 6.45) is 4.45. The Bertz CT molecular complexity index is 549. The van der Waals surface area contributed by atoms with Gasteiger partial charge in [0.1, 0.15) is 12.1 Å². The standard InChI is InChI=1S/C15H20N4/c1-5-13(14-7-6-10(2)8-16-14)19-15-11(3)12(4)17-9-18-15/h6-9,13H,5H2,1-4H3,(H,17,18,19). The molecule has 0 saturated carbocycles. The Morgan fingerprint density at radius 2 is 1.89 bits per heavy atom. The van der Waals surface area contributed by atoms with Crippen molar-refractivity contribution in [2.75, 3.05) is 5.32 Å².